The van der Waals surface area contributed by atoms with Crippen molar-refractivity contribution in [1.82, 2.24) is 5.32 Å². The quantitative estimate of drug-likeness (QED) is 0.763. The van der Waals surface area contributed by atoms with Gasteiger partial charge in [-0.15, -0.1) is 11.3 Å². The van der Waals surface area contributed by atoms with Crippen molar-refractivity contribution in [2.75, 3.05) is 6.54 Å². The SMILES string of the molecule is CCNC(Cc1c(C)cc(C)cc1C)c1scc(C)c1Cl. The van der Waals surface area contributed by atoms with Crippen LogP contribution in [0.25, 0.3) is 0 Å². The predicted molar refractivity (Wildman–Crippen MR) is 94.8 cm³/mol. The fourth-order valence-electron chi connectivity index (χ4n) is 2.92. The highest BCUT2D eigenvalue weighted by molar-refractivity contribution is 7.10. The molecule has 3 heteroatoms. The fraction of sp³-hybridized carbons (Fsp3) is 0.444. The summed E-state index contributed by atoms with van der Waals surface area (Å²) in [5.74, 6) is 0. The number of hydrogen-bond donors (Lipinski definition) is 1. The lowest BCUT2D eigenvalue weighted by molar-refractivity contribution is 0.556. The third-order valence-electron chi connectivity index (χ3n) is 3.94. The van der Waals surface area contributed by atoms with Gasteiger partial charge in [0.15, 0.2) is 0 Å². The summed E-state index contributed by atoms with van der Waals surface area (Å²) in [6, 6.07) is 4.83. The molecule has 2 aromatic rings. The summed E-state index contributed by atoms with van der Waals surface area (Å²) in [4.78, 5) is 1.26. The Morgan fingerprint density at radius 3 is 2.19 bits per heavy atom. The van der Waals surface area contributed by atoms with Crippen LogP contribution in [0, 0.1) is 27.7 Å². The van der Waals surface area contributed by atoms with Gasteiger partial charge in [-0.2, -0.15) is 0 Å². The van der Waals surface area contributed by atoms with E-state index in [0.717, 1.165) is 18.0 Å². The molecule has 1 N–H and O–H groups in total. The maximum absolute atomic E-state index is 6.48. The molecule has 0 aliphatic heterocycles. The third-order valence-corrected chi connectivity index (χ3v) is 5.77. The van der Waals surface area contributed by atoms with E-state index in [0.29, 0.717) is 6.04 Å². The topological polar surface area (TPSA) is 12.0 Å². The van der Waals surface area contributed by atoms with Crippen LogP contribution in [0.3, 0.4) is 0 Å². The van der Waals surface area contributed by atoms with Crippen LogP contribution < -0.4 is 5.32 Å². The minimum atomic E-state index is 0.293. The van der Waals surface area contributed by atoms with Gasteiger partial charge >= 0.3 is 0 Å². The molecule has 114 valence electrons. The summed E-state index contributed by atoms with van der Waals surface area (Å²) in [6.07, 6.45) is 0.992. The molecule has 1 atom stereocenters. The van der Waals surface area contributed by atoms with E-state index in [1.54, 1.807) is 11.3 Å². The molecule has 0 saturated carbocycles. The molecule has 21 heavy (non-hydrogen) atoms. The molecule has 0 amide bonds. The van der Waals surface area contributed by atoms with Crippen molar-refractivity contribution in [3.8, 4) is 0 Å². The summed E-state index contributed by atoms with van der Waals surface area (Å²) in [5.41, 5.74) is 6.70. The van der Waals surface area contributed by atoms with Crippen molar-refractivity contribution in [2.24, 2.45) is 0 Å². The lowest BCUT2D eigenvalue weighted by atomic mass is 9.93. The lowest BCUT2D eigenvalue weighted by Gasteiger charge is -2.20. The van der Waals surface area contributed by atoms with Gasteiger partial charge in [0.25, 0.3) is 0 Å². The van der Waals surface area contributed by atoms with Crippen LogP contribution in [-0.4, -0.2) is 6.54 Å². The van der Waals surface area contributed by atoms with Gasteiger partial charge in [-0.3, -0.25) is 0 Å². The van der Waals surface area contributed by atoms with Gasteiger partial charge in [-0.1, -0.05) is 36.2 Å². The maximum atomic E-state index is 6.48. The number of hydrogen-bond acceptors (Lipinski definition) is 2. The summed E-state index contributed by atoms with van der Waals surface area (Å²) in [6.45, 7) is 11.7. The molecule has 1 aromatic heterocycles. The van der Waals surface area contributed by atoms with Gasteiger partial charge in [-0.25, -0.2) is 0 Å². The Hall–Kier alpha value is -0.830. The monoisotopic (exact) mass is 321 g/mol. The van der Waals surface area contributed by atoms with E-state index in [1.807, 2.05) is 0 Å². The van der Waals surface area contributed by atoms with E-state index in [4.69, 9.17) is 11.6 Å². The maximum Gasteiger partial charge on any atom is 0.0590 e. The molecule has 0 radical (unpaired) electrons. The number of halogens is 1. The number of rotatable bonds is 5. The average molecular weight is 322 g/mol. The van der Waals surface area contributed by atoms with E-state index in [2.05, 4.69) is 57.4 Å². The highest BCUT2D eigenvalue weighted by Gasteiger charge is 2.19. The first-order valence-electron chi connectivity index (χ1n) is 7.47. The van der Waals surface area contributed by atoms with Gasteiger partial charge in [0.1, 0.15) is 0 Å². The molecule has 1 unspecified atom stereocenters. The number of thiophene rings is 1. The Labute approximate surface area is 137 Å². The van der Waals surface area contributed by atoms with Crippen molar-refractivity contribution < 1.29 is 0 Å². The van der Waals surface area contributed by atoms with Crippen molar-refractivity contribution in [2.45, 2.75) is 47.1 Å². The van der Waals surface area contributed by atoms with Crippen LogP contribution in [0.1, 0.15) is 45.7 Å². The molecule has 0 bridgehead atoms. The summed E-state index contributed by atoms with van der Waals surface area (Å²) < 4.78 is 0. The zero-order valence-electron chi connectivity index (χ0n) is 13.5. The zero-order chi connectivity index (χ0) is 15.6. The summed E-state index contributed by atoms with van der Waals surface area (Å²) >= 11 is 8.24. The van der Waals surface area contributed by atoms with Crippen LogP contribution in [0.2, 0.25) is 5.02 Å². The zero-order valence-corrected chi connectivity index (χ0v) is 15.1. The minimum Gasteiger partial charge on any atom is -0.309 e. The van der Waals surface area contributed by atoms with Crippen LogP contribution in [-0.2, 0) is 6.42 Å². The Morgan fingerprint density at radius 2 is 1.71 bits per heavy atom. The number of benzene rings is 1. The van der Waals surface area contributed by atoms with Crippen molar-refractivity contribution in [1.29, 1.82) is 0 Å². The summed E-state index contributed by atoms with van der Waals surface area (Å²) in [5, 5.41) is 6.67. The predicted octanol–water partition coefficient (Wildman–Crippen LogP) is 5.53. The van der Waals surface area contributed by atoms with E-state index in [1.165, 1.54) is 32.7 Å². The van der Waals surface area contributed by atoms with Crippen LogP contribution in [0.4, 0.5) is 0 Å². The molecular formula is C18H24ClNS. The second-order valence-electron chi connectivity index (χ2n) is 5.79. The number of aryl methyl sites for hydroxylation is 4. The molecule has 0 saturated heterocycles. The molecule has 1 heterocycles. The Morgan fingerprint density at radius 1 is 1.10 bits per heavy atom. The van der Waals surface area contributed by atoms with E-state index >= 15 is 0 Å². The fourth-order valence-corrected chi connectivity index (χ4v) is 4.33. The summed E-state index contributed by atoms with van der Waals surface area (Å²) in [7, 11) is 0. The molecular weight excluding hydrogens is 298 g/mol. The van der Waals surface area contributed by atoms with Crippen molar-refractivity contribution in [3.05, 3.63) is 55.2 Å². The van der Waals surface area contributed by atoms with Crippen molar-refractivity contribution >= 4 is 22.9 Å². The standard InChI is InChI=1S/C18H24ClNS/c1-6-20-16(18-17(19)14(5)10-21-18)9-15-12(3)7-11(2)8-13(15)4/h7-8,10,16,20H,6,9H2,1-5H3. The third kappa shape index (κ3) is 3.68. The Bertz CT molecular complexity index is 607. The van der Waals surface area contributed by atoms with Gasteiger partial charge in [-0.05, 0) is 68.3 Å². The van der Waals surface area contributed by atoms with Gasteiger partial charge in [0.2, 0.25) is 0 Å². The smallest absolute Gasteiger partial charge is 0.0590 e. The first-order valence-corrected chi connectivity index (χ1v) is 8.73. The molecule has 1 nitrogen and oxygen atoms in total. The largest absolute Gasteiger partial charge is 0.309 e. The van der Waals surface area contributed by atoms with Gasteiger partial charge < -0.3 is 5.32 Å². The Balaban J connectivity index is 2.35. The van der Waals surface area contributed by atoms with Gasteiger partial charge in [0, 0.05) is 10.9 Å². The Kier molecular flexibility index (Phi) is 5.48. The molecule has 0 aliphatic rings. The van der Waals surface area contributed by atoms with E-state index in [-0.39, 0.29) is 0 Å². The lowest BCUT2D eigenvalue weighted by Crippen LogP contribution is -2.23. The van der Waals surface area contributed by atoms with Gasteiger partial charge in [0.05, 0.1) is 5.02 Å². The molecule has 0 aliphatic carbocycles. The molecule has 0 fully saturated rings. The number of likely N-dealkylation sites (N-methyl/N-ethyl adjacent to an activating group) is 1. The van der Waals surface area contributed by atoms with Crippen LogP contribution in [0.5, 0.6) is 0 Å². The molecule has 1 aromatic carbocycles. The first-order chi connectivity index (χ1) is 9.93. The number of nitrogens with one attached hydrogen (secondary N) is 1. The van der Waals surface area contributed by atoms with Crippen molar-refractivity contribution in [3.63, 3.8) is 0 Å². The second kappa shape index (κ2) is 6.95. The average Bonchev–Trinajstić information content (AvgIpc) is 2.73. The molecule has 2 rings (SSSR count). The highest BCUT2D eigenvalue weighted by atomic mass is 35.5. The highest BCUT2D eigenvalue weighted by Crippen LogP contribution is 2.35. The molecule has 0 spiro atoms. The minimum absolute atomic E-state index is 0.293. The van der Waals surface area contributed by atoms with Crippen LogP contribution >= 0.6 is 22.9 Å². The van der Waals surface area contributed by atoms with E-state index in [9.17, 15) is 0 Å². The van der Waals surface area contributed by atoms with Crippen LogP contribution in [0.15, 0.2) is 17.5 Å². The second-order valence-corrected chi connectivity index (χ2v) is 7.08. The van der Waals surface area contributed by atoms with E-state index < -0.39 is 0 Å². The first kappa shape index (κ1) is 16.5. The normalized spacial score (nSPS) is 12.7.